The maximum Gasteiger partial charge on any atom is 0.319 e. The van der Waals surface area contributed by atoms with Crippen LogP contribution >= 0.6 is 0 Å². The molecule has 2 aromatic rings. The molecule has 2 aromatic carbocycles. The fraction of sp³-hybridized carbons (Fsp3) is 0.440. The predicted octanol–water partition coefficient (Wildman–Crippen LogP) is 4.75. The lowest BCUT2D eigenvalue weighted by Gasteiger charge is -2.36. The van der Waals surface area contributed by atoms with E-state index in [4.69, 9.17) is 5.11 Å². The molecule has 0 saturated carbocycles. The maximum absolute atomic E-state index is 12.2. The van der Waals surface area contributed by atoms with Crippen LogP contribution in [0.2, 0.25) is 0 Å². The van der Waals surface area contributed by atoms with Crippen molar-refractivity contribution >= 4 is 17.7 Å². The summed E-state index contributed by atoms with van der Waals surface area (Å²) in [7, 11) is 0. The minimum absolute atomic E-state index is 0.183. The van der Waals surface area contributed by atoms with Crippen molar-refractivity contribution in [1.82, 2.24) is 10.2 Å². The van der Waals surface area contributed by atoms with Crippen molar-refractivity contribution in [3.05, 3.63) is 65.2 Å². The molecule has 31 heavy (non-hydrogen) atoms. The molecule has 1 aliphatic rings. The van der Waals surface area contributed by atoms with Gasteiger partial charge in [0.2, 0.25) is 0 Å². The number of anilines is 1. The Morgan fingerprint density at radius 2 is 1.81 bits per heavy atom. The zero-order valence-electron chi connectivity index (χ0n) is 18.3. The summed E-state index contributed by atoms with van der Waals surface area (Å²) < 4.78 is 0. The van der Waals surface area contributed by atoms with Crippen molar-refractivity contribution < 1.29 is 14.7 Å². The van der Waals surface area contributed by atoms with Crippen molar-refractivity contribution in [2.45, 2.75) is 51.5 Å². The Kier molecular flexibility index (Phi) is 8.47. The summed E-state index contributed by atoms with van der Waals surface area (Å²) >= 11 is 0. The Bertz CT molecular complexity index is 867. The minimum Gasteiger partial charge on any atom is -0.481 e. The maximum atomic E-state index is 12.2. The highest BCUT2D eigenvalue weighted by Gasteiger charge is 2.25. The lowest BCUT2D eigenvalue weighted by molar-refractivity contribution is -0.137. The number of nitrogens with zero attached hydrogens (tertiary/aromatic N) is 1. The molecule has 0 aliphatic heterocycles. The number of nitrogens with one attached hydrogen (secondary N) is 2. The third kappa shape index (κ3) is 7.10. The molecule has 1 atom stereocenters. The fourth-order valence-electron chi connectivity index (χ4n) is 4.26. The van der Waals surface area contributed by atoms with E-state index in [0.29, 0.717) is 19.0 Å². The quantitative estimate of drug-likeness (QED) is 0.482. The zero-order chi connectivity index (χ0) is 22.1. The number of carbonyl (C=O) groups is 2. The molecule has 0 saturated heterocycles. The Balaban J connectivity index is 1.52. The Labute approximate surface area is 184 Å². The first-order valence-electron chi connectivity index (χ1n) is 11.2. The summed E-state index contributed by atoms with van der Waals surface area (Å²) in [5, 5.41) is 14.8. The number of carboxylic acid groups (broad SMARTS) is 1. The van der Waals surface area contributed by atoms with Gasteiger partial charge in [0.05, 0.1) is 0 Å². The first-order chi connectivity index (χ1) is 15.0. The van der Waals surface area contributed by atoms with Crippen molar-refractivity contribution in [3.63, 3.8) is 0 Å². The van der Waals surface area contributed by atoms with Crippen molar-refractivity contribution in [2.75, 3.05) is 25.0 Å². The summed E-state index contributed by atoms with van der Waals surface area (Å²) in [6.45, 7) is 4.16. The summed E-state index contributed by atoms with van der Waals surface area (Å²) in [4.78, 5) is 25.5. The van der Waals surface area contributed by atoms with E-state index in [1.165, 1.54) is 11.1 Å². The van der Waals surface area contributed by atoms with E-state index in [0.717, 1.165) is 50.0 Å². The number of hydrogen-bond donors (Lipinski definition) is 3. The van der Waals surface area contributed by atoms with E-state index in [1.807, 2.05) is 31.2 Å². The molecule has 0 heterocycles. The van der Waals surface area contributed by atoms with E-state index < -0.39 is 5.97 Å². The lowest BCUT2D eigenvalue weighted by Crippen LogP contribution is -2.36. The topological polar surface area (TPSA) is 81.7 Å². The second kappa shape index (κ2) is 11.5. The van der Waals surface area contributed by atoms with Crippen LogP contribution in [0.15, 0.2) is 48.5 Å². The van der Waals surface area contributed by atoms with Crippen LogP contribution in [-0.2, 0) is 11.2 Å². The molecule has 166 valence electrons. The normalized spacial score (nSPS) is 15.4. The fourth-order valence-corrected chi connectivity index (χ4v) is 4.26. The molecular formula is C25H33N3O3. The van der Waals surface area contributed by atoms with Gasteiger partial charge in [-0.05, 0) is 68.8 Å². The van der Waals surface area contributed by atoms with Crippen LogP contribution < -0.4 is 10.6 Å². The zero-order valence-corrected chi connectivity index (χ0v) is 18.3. The number of urea groups is 1. The lowest BCUT2D eigenvalue weighted by atomic mass is 9.86. The van der Waals surface area contributed by atoms with Crippen molar-refractivity contribution in [2.24, 2.45) is 0 Å². The number of amides is 2. The van der Waals surface area contributed by atoms with Gasteiger partial charge in [-0.3, -0.25) is 9.69 Å². The van der Waals surface area contributed by atoms with E-state index in [2.05, 4.69) is 39.8 Å². The third-order valence-electron chi connectivity index (χ3n) is 5.83. The Morgan fingerprint density at radius 3 is 2.58 bits per heavy atom. The molecule has 2 amide bonds. The van der Waals surface area contributed by atoms with Crippen LogP contribution in [-0.4, -0.2) is 41.6 Å². The van der Waals surface area contributed by atoms with Gasteiger partial charge in [-0.25, -0.2) is 4.79 Å². The number of carbonyl (C=O) groups excluding carboxylic acids is 1. The van der Waals surface area contributed by atoms with E-state index in [9.17, 15) is 9.59 Å². The summed E-state index contributed by atoms with van der Waals surface area (Å²) in [6.07, 6.45) is 4.97. The molecule has 1 unspecified atom stereocenters. The molecule has 1 aliphatic carbocycles. The number of aliphatic carboxylic acids is 1. The van der Waals surface area contributed by atoms with Gasteiger partial charge in [-0.2, -0.15) is 0 Å². The summed E-state index contributed by atoms with van der Waals surface area (Å²) in [6, 6.07) is 16.4. The Hall–Kier alpha value is -2.86. The predicted molar refractivity (Wildman–Crippen MR) is 123 cm³/mol. The first-order valence-corrected chi connectivity index (χ1v) is 11.2. The second-order valence-corrected chi connectivity index (χ2v) is 8.24. The van der Waals surface area contributed by atoms with Crippen LogP contribution in [0.4, 0.5) is 10.5 Å². The first kappa shape index (κ1) is 22.8. The number of carboxylic acids is 1. The molecule has 3 N–H and O–H groups in total. The second-order valence-electron chi connectivity index (χ2n) is 8.24. The highest BCUT2D eigenvalue weighted by molar-refractivity contribution is 5.89. The van der Waals surface area contributed by atoms with Crippen LogP contribution in [0.5, 0.6) is 0 Å². The van der Waals surface area contributed by atoms with Gasteiger partial charge in [0.25, 0.3) is 0 Å². The van der Waals surface area contributed by atoms with E-state index in [-0.39, 0.29) is 12.5 Å². The van der Waals surface area contributed by atoms with E-state index in [1.54, 1.807) is 0 Å². The van der Waals surface area contributed by atoms with E-state index >= 15 is 0 Å². The number of hydrogen-bond acceptors (Lipinski definition) is 3. The monoisotopic (exact) mass is 423 g/mol. The van der Waals surface area contributed by atoms with Gasteiger partial charge in [0, 0.05) is 31.2 Å². The number of fused-ring (bicyclic) bond motifs is 1. The highest BCUT2D eigenvalue weighted by Crippen LogP contribution is 2.34. The molecule has 6 nitrogen and oxygen atoms in total. The van der Waals surface area contributed by atoms with Crippen LogP contribution in [0.25, 0.3) is 0 Å². The minimum atomic E-state index is -0.751. The van der Waals surface area contributed by atoms with Gasteiger partial charge >= 0.3 is 12.0 Å². The average Bonchev–Trinajstić information content (AvgIpc) is 2.76. The van der Waals surface area contributed by atoms with Gasteiger partial charge in [0.15, 0.2) is 0 Å². The molecule has 0 aromatic heterocycles. The number of rotatable bonds is 10. The smallest absolute Gasteiger partial charge is 0.319 e. The standard InChI is InChI=1S/C25H33N3O3/c1-19-12-14-21(15-13-19)27-25(31)26-16-6-18-28(17-5-11-24(29)30)23-10-4-8-20-7-2-3-9-22(20)23/h2-3,7,9,12-15,23H,4-6,8,10-11,16-18H2,1H3,(H,29,30)(H2,26,27,31). The molecule has 0 spiro atoms. The van der Waals surface area contributed by atoms with Crippen molar-refractivity contribution in [1.29, 1.82) is 0 Å². The average molecular weight is 424 g/mol. The largest absolute Gasteiger partial charge is 0.481 e. The highest BCUT2D eigenvalue weighted by atomic mass is 16.4. The molecule has 0 radical (unpaired) electrons. The molecule has 0 bridgehead atoms. The van der Waals surface area contributed by atoms with Gasteiger partial charge < -0.3 is 15.7 Å². The van der Waals surface area contributed by atoms with Crippen LogP contribution in [0, 0.1) is 6.92 Å². The third-order valence-corrected chi connectivity index (χ3v) is 5.83. The van der Waals surface area contributed by atoms with Gasteiger partial charge in [-0.15, -0.1) is 0 Å². The van der Waals surface area contributed by atoms with Gasteiger partial charge in [0.1, 0.15) is 0 Å². The van der Waals surface area contributed by atoms with Gasteiger partial charge in [-0.1, -0.05) is 42.0 Å². The molecule has 3 rings (SSSR count). The number of aryl methyl sites for hydroxylation is 2. The molecule has 6 heteroatoms. The Morgan fingerprint density at radius 1 is 1.06 bits per heavy atom. The number of benzene rings is 2. The molecule has 0 fully saturated rings. The van der Waals surface area contributed by atoms with Crippen LogP contribution in [0.1, 0.15) is 54.8 Å². The summed E-state index contributed by atoms with van der Waals surface area (Å²) in [5.74, 6) is -0.751. The van der Waals surface area contributed by atoms with Crippen LogP contribution in [0.3, 0.4) is 0 Å². The van der Waals surface area contributed by atoms with Crippen molar-refractivity contribution in [3.8, 4) is 0 Å². The SMILES string of the molecule is Cc1ccc(NC(=O)NCCCN(CCCC(=O)O)C2CCCc3ccccc32)cc1. The molecular weight excluding hydrogens is 390 g/mol. The summed E-state index contributed by atoms with van der Waals surface area (Å²) in [5.41, 5.74) is 4.70.